The Kier molecular flexibility index (Phi) is 10.0. The number of ether oxygens (including phenoxy) is 5. The van der Waals surface area contributed by atoms with Crippen molar-refractivity contribution in [2.45, 2.75) is 20.8 Å². The van der Waals surface area contributed by atoms with E-state index in [0.717, 1.165) is 11.8 Å². The van der Waals surface area contributed by atoms with E-state index in [1.165, 1.54) is 34.3 Å². The molecule has 0 unspecified atom stereocenters. The Bertz CT molecular complexity index is 1570. The molecule has 0 N–H and O–H groups in total. The largest absolute Gasteiger partial charge is 0.496 e. The first-order valence-corrected chi connectivity index (χ1v) is 14.2. The summed E-state index contributed by atoms with van der Waals surface area (Å²) >= 11 is 0. The Balaban J connectivity index is 2.27. The third-order valence-electron chi connectivity index (χ3n) is 5.69. The molecule has 0 aliphatic rings. The molecule has 0 fully saturated rings. The predicted molar refractivity (Wildman–Crippen MR) is 153 cm³/mol. The van der Waals surface area contributed by atoms with E-state index in [1.807, 2.05) is 19.9 Å². The highest BCUT2D eigenvalue weighted by Crippen LogP contribution is 2.47. The topological polar surface area (TPSA) is 124 Å². The maximum absolute atomic E-state index is 13.2. The van der Waals surface area contributed by atoms with Crippen molar-refractivity contribution in [2.24, 2.45) is 0 Å². The summed E-state index contributed by atoms with van der Waals surface area (Å²) in [5.41, 5.74) is 2.89. The van der Waals surface area contributed by atoms with Crippen LogP contribution in [0.5, 0.6) is 28.7 Å². The molecule has 41 heavy (non-hydrogen) atoms. The first kappa shape index (κ1) is 31.0. The molecule has 3 aromatic rings. The highest BCUT2D eigenvalue weighted by molar-refractivity contribution is 7.86. The Morgan fingerprint density at radius 3 is 2.02 bits per heavy atom. The molecule has 10 nitrogen and oxygen atoms in total. The number of benzene rings is 3. The third-order valence-corrected chi connectivity index (χ3v) is 6.17. The summed E-state index contributed by atoms with van der Waals surface area (Å²) in [5.74, 6) is -0.220. The van der Waals surface area contributed by atoms with Crippen LogP contribution in [-0.2, 0) is 19.6 Å². The fraction of sp³-hybridized carbons (Fsp3) is 0.267. The van der Waals surface area contributed by atoms with Crippen LogP contribution in [0.1, 0.15) is 31.1 Å². The average molecular weight is 585 g/mol. The van der Waals surface area contributed by atoms with Crippen molar-refractivity contribution in [1.82, 2.24) is 0 Å². The van der Waals surface area contributed by atoms with Crippen LogP contribution in [0.4, 0.5) is 0 Å². The molecule has 0 aromatic heterocycles. The first-order valence-electron chi connectivity index (χ1n) is 12.3. The normalized spacial score (nSPS) is 10.8. The minimum Gasteiger partial charge on any atom is -0.496 e. The molecule has 3 rings (SSSR count). The number of hydrogen-bond donors (Lipinski definition) is 0. The van der Waals surface area contributed by atoms with E-state index in [2.05, 4.69) is 0 Å². The maximum Gasteiger partial charge on any atom is 0.342 e. The van der Waals surface area contributed by atoms with Gasteiger partial charge < -0.3 is 27.9 Å². The van der Waals surface area contributed by atoms with Crippen molar-refractivity contribution in [1.29, 1.82) is 0 Å². The van der Waals surface area contributed by atoms with Gasteiger partial charge in [0.1, 0.15) is 29.4 Å². The molecule has 0 aliphatic heterocycles. The number of carbonyl (C=O) groups is 2. The van der Waals surface area contributed by atoms with Gasteiger partial charge in [0.2, 0.25) is 0 Å². The van der Waals surface area contributed by atoms with Crippen LogP contribution < -0.4 is 23.1 Å². The van der Waals surface area contributed by atoms with Gasteiger partial charge in [0, 0.05) is 18.1 Å². The van der Waals surface area contributed by atoms with Gasteiger partial charge in [-0.15, -0.1) is 0 Å². The molecular formula is C30H32O10S. The molecule has 0 atom stereocenters. The summed E-state index contributed by atoms with van der Waals surface area (Å²) in [6.45, 7) is 5.33. The highest BCUT2D eigenvalue weighted by atomic mass is 32.2. The SMILES string of the molecule is COC(=O)c1c(OC)c(-c2ccc(OCC=C(C)C)c(OS(C)(=O)=O)c2)cc(OC)c1-c1ccc(OC(C)=O)cc1. The molecule has 3 aromatic carbocycles. The minimum atomic E-state index is -3.90. The summed E-state index contributed by atoms with van der Waals surface area (Å²) in [5, 5.41) is 0. The highest BCUT2D eigenvalue weighted by Gasteiger charge is 2.28. The summed E-state index contributed by atoms with van der Waals surface area (Å²) in [6, 6.07) is 12.9. The van der Waals surface area contributed by atoms with Gasteiger partial charge in [-0.1, -0.05) is 23.8 Å². The zero-order chi connectivity index (χ0) is 30.3. The van der Waals surface area contributed by atoms with Crippen molar-refractivity contribution >= 4 is 22.1 Å². The number of rotatable bonds is 11. The van der Waals surface area contributed by atoms with Crippen LogP contribution in [0, 0.1) is 0 Å². The lowest BCUT2D eigenvalue weighted by Crippen LogP contribution is -2.10. The van der Waals surface area contributed by atoms with Crippen molar-refractivity contribution in [3.8, 4) is 51.0 Å². The molecule has 0 saturated carbocycles. The Labute approximate surface area is 239 Å². The number of carbonyl (C=O) groups excluding carboxylic acids is 2. The van der Waals surface area contributed by atoms with Gasteiger partial charge >= 0.3 is 22.1 Å². The van der Waals surface area contributed by atoms with Gasteiger partial charge in [-0.25, -0.2) is 4.79 Å². The smallest absolute Gasteiger partial charge is 0.342 e. The second-order valence-electron chi connectivity index (χ2n) is 9.06. The van der Waals surface area contributed by atoms with Crippen LogP contribution in [0.15, 0.2) is 60.2 Å². The Hall–Kier alpha value is -4.51. The van der Waals surface area contributed by atoms with Gasteiger partial charge in [-0.05, 0) is 61.4 Å². The molecule has 0 amide bonds. The molecule has 0 aliphatic carbocycles. The van der Waals surface area contributed by atoms with Crippen molar-refractivity contribution in [3.05, 3.63) is 65.7 Å². The zero-order valence-corrected chi connectivity index (χ0v) is 24.7. The minimum absolute atomic E-state index is 0.0436. The van der Waals surface area contributed by atoms with Gasteiger partial charge in [0.15, 0.2) is 11.5 Å². The first-order chi connectivity index (χ1) is 19.4. The van der Waals surface area contributed by atoms with Crippen molar-refractivity contribution in [3.63, 3.8) is 0 Å². The lowest BCUT2D eigenvalue weighted by molar-refractivity contribution is -0.131. The van der Waals surface area contributed by atoms with Crippen LogP contribution in [0.25, 0.3) is 22.3 Å². The van der Waals surface area contributed by atoms with Gasteiger partial charge in [-0.2, -0.15) is 8.42 Å². The molecule has 218 valence electrons. The summed E-state index contributed by atoms with van der Waals surface area (Å²) in [7, 11) is 0.182. The lowest BCUT2D eigenvalue weighted by Gasteiger charge is -2.21. The van der Waals surface area contributed by atoms with Crippen LogP contribution >= 0.6 is 0 Å². The van der Waals surface area contributed by atoms with E-state index in [1.54, 1.807) is 42.5 Å². The van der Waals surface area contributed by atoms with Crippen LogP contribution in [0.2, 0.25) is 0 Å². The monoisotopic (exact) mass is 584 g/mol. The zero-order valence-electron chi connectivity index (χ0n) is 23.9. The fourth-order valence-corrected chi connectivity index (χ4v) is 4.44. The van der Waals surface area contributed by atoms with Gasteiger partial charge in [-0.3, -0.25) is 4.79 Å². The second-order valence-corrected chi connectivity index (χ2v) is 10.6. The summed E-state index contributed by atoms with van der Waals surface area (Å²) < 4.78 is 56.7. The summed E-state index contributed by atoms with van der Waals surface area (Å²) in [4.78, 5) is 24.5. The Morgan fingerprint density at radius 1 is 0.829 bits per heavy atom. The van der Waals surface area contributed by atoms with Gasteiger partial charge in [0.25, 0.3) is 0 Å². The number of methoxy groups -OCH3 is 3. The summed E-state index contributed by atoms with van der Waals surface area (Å²) in [6.07, 6.45) is 2.77. The third kappa shape index (κ3) is 7.79. The van der Waals surface area contributed by atoms with E-state index in [9.17, 15) is 18.0 Å². The molecule has 0 bridgehead atoms. The fourth-order valence-electron chi connectivity index (χ4n) is 3.99. The van der Waals surface area contributed by atoms with Crippen molar-refractivity contribution < 1.29 is 45.9 Å². The molecule has 0 radical (unpaired) electrons. The van der Waals surface area contributed by atoms with Crippen LogP contribution in [-0.4, -0.2) is 54.5 Å². The number of allylic oxidation sites excluding steroid dienone is 1. The lowest BCUT2D eigenvalue weighted by atomic mass is 9.92. The van der Waals surface area contributed by atoms with Gasteiger partial charge in [0.05, 0.1) is 27.6 Å². The van der Waals surface area contributed by atoms with Crippen LogP contribution in [0.3, 0.4) is 0 Å². The predicted octanol–water partition coefficient (Wildman–Crippen LogP) is 5.43. The van der Waals surface area contributed by atoms with E-state index < -0.39 is 22.1 Å². The average Bonchev–Trinajstić information content (AvgIpc) is 2.91. The number of esters is 2. The van der Waals surface area contributed by atoms with E-state index in [4.69, 9.17) is 27.9 Å². The maximum atomic E-state index is 13.2. The second kappa shape index (κ2) is 13.2. The van der Waals surface area contributed by atoms with E-state index >= 15 is 0 Å². The molecule has 0 spiro atoms. The Morgan fingerprint density at radius 2 is 1.49 bits per heavy atom. The molecule has 0 saturated heterocycles. The van der Waals surface area contributed by atoms with E-state index in [0.29, 0.717) is 33.8 Å². The van der Waals surface area contributed by atoms with Crippen molar-refractivity contribution in [2.75, 3.05) is 34.2 Å². The standard InChI is InChI=1S/C30H32O10S/c1-18(2)14-15-38-24-13-10-21(16-25(24)40-41(7,33)34)23-17-26(35-4)27(28(29(23)36-5)30(32)37-6)20-8-11-22(12-9-20)39-19(3)31/h8-14,16-17H,15H2,1-7H3. The molecule has 0 heterocycles. The molecule has 11 heteroatoms. The quantitative estimate of drug-likeness (QED) is 0.125. The van der Waals surface area contributed by atoms with E-state index in [-0.39, 0.29) is 29.4 Å². The molecular weight excluding hydrogens is 552 g/mol. The number of hydrogen-bond acceptors (Lipinski definition) is 10.